The second-order valence-electron chi connectivity index (χ2n) is 5.75. The van der Waals surface area contributed by atoms with Crippen LogP contribution in [0.5, 0.6) is 11.5 Å². The van der Waals surface area contributed by atoms with E-state index in [2.05, 4.69) is 15.9 Å². The molecule has 2 aliphatic rings. The first-order chi connectivity index (χ1) is 10.6. The maximum Gasteiger partial charge on any atom is 0.249 e. The summed E-state index contributed by atoms with van der Waals surface area (Å²) in [5.74, 6) is 1.59. The van der Waals surface area contributed by atoms with Crippen LogP contribution in [-0.2, 0) is 4.79 Å². The van der Waals surface area contributed by atoms with Gasteiger partial charge in [0.05, 0.1) is 11.6 Å². The van der Waals surface area contributed by atoms with E-state index in [4.69, 9.17) is 9.47 Å². The summed E-state index contributed by atoms with van der Waals surface area (Å²) in [6.07, 6.45) is 3.66. The first-order valence-electron chi connectivity index (χ1n) is 7.58. The number of carbonyl (C=O) groups is 1. The Kier molecular flexibility index (Phi) is 4.43. The normalized spacial score (nSPS) is 21.7. The molecule has 1 atom stereocenters. The Balaban J connectivity index is 1.91. The highest BCUT2D eigenvalue weighted by Crippen LogP contribution is 2.40. The Bertz CT molecular complexity index is 626. The first kappa shape index (κ1) is 15.4. The highest BCUT2D eigenvalue weighted by molar-refractivity contribution is 9.10. The number of halogens is 1. The van der Waals surface area contributed by atoms with Crippen molar-refractivity contribution in [3.05, 3.63) is 33.8 Å². The topological polar surface area (TPSA) is 38.8 Å². The number of rotatable bonds is 3. The number of carbonyl (C=O) groups excluding carboxylic acids is 1. The molecule has 0 saturated carbocycles. The SMILES string of the molecule is COc1cccc(Br)c1OC1CCCC2=C1CCN(C)C2=O. The van der Waals surface area contributed by atoms with Gasteiger partial charge < -0.3 is 14.4 Å². The molecule has 1 aromatic rings. The van der Waals surface area contributed by atoms with Crippen molar-refractivity contribution in [2.75, 3.05) is 20.7 Å². The molecule has 4 nitrogen and oxygen atoms in total. The van der Waals surface area contributed by atoms with Crippen LogP contribution in [-0.4, -0.2) is 37.6 Å². The van der Waals surface area contributed by atoms with Crippen molar-refractivity contribution in [2.24, 2.45) is 0 Å². The molecular formula is C17H20BrNO3. The lowest BCUT2D eigenvalue weighted by Crippen LogP contribution is -2.39. The molecule has 22 heavy (non-hydrogen) atoms. The van der Waals surface area contributed by atoms with Gasteiger partial charge in [-0.1, -0.05) is 6.07 Å². The van der Waals surface area contributed by atoms with Gasteiger partial charge in [-0.3, -0.25) is 4.79 Å². The zero-order valence-electron chi connectivity index (χ0n) is 12.9. The fraction of sp³-hybridized carbons (Fsp3) is 0.471. The molecule has 0 saturated heterocycles. The van der Waals surface area contributed by atoms with E-state index in [1.165, 1.54) is 5.57 Å². The molecule has 3 rings (SSSR count). The molecule has 5 heteroatoms. The van der Waals surface area contributed by atoms with Crippen molar-refractivity contribution in [3.8, 4) is 11.5 Å². The summed E-state index contributed by atoms with van der Waals surface area (Å²) in [5, 5.41) is 0. The number of hydrogen-bond acceptors (Lipinski definition) is 3. The molecule has 0 N–H and O–H groups in total. The minimum atomic E-state index is -0.0333. The standard InChI is InChI=1S/C17H20BrNO3/c1-19-10-9-11-12(17(19)20)5-3-7-14(11)22-16-13(18)6-4-8-15(16)21-2/h4,6,8,14H,3,5,7,9-10H2,1-2H3. The van der Waals surface area contributed by atoms with Crippen LogP contribution in [0.25, 0.3) is 0 Å². The molecule has 1 unspecified atom stereocenters. The summed E-state index contributed by atoms with van der Waals surface area (Å²) in [5.41, 5.74) is 2.13. The van der Waals surface area contributed by atoms with Crippen LogP contribution in [0.3, 0.4) is 0 Å². The zero-order valence-corrected chi connectivity index (χ0v) is 14.5. The average Bonchev–Trinajstić information content (AvgIpc) is 2.53. The van der Waals surface area contributed by atoms with Crippen molar-refractivity contribution in [2.45, 2.75) is 31.8 Å². The fourth-order valence-corrected chi connectivity index (χ4v) is 3.65. The summed E-state index contributed by atoms with van der Waals surface area (Å²) in [6, 6.07) is 5.74. The summed E-state index contributed by atoms with van der Waals surface area (Å²) in [4.78, 5) is 14.1. The summed E-state index contributed by atoms with van der Waals surface area (Å²) in [6.45, 7) is 0.768. The number of benzene rings is 1. The number of para-hydroxylation sites is 1. The Morgan fingerprint density at radius 3 is 2.91 bits per heavy atom. The lowest BCUT2D eigenvalue weighted by atomic mass is 9.84. The van der Waals surface area contributed by atoms with Gasteiger partial charge in [0.2, 0.25) is 5.91 Å². The van der Waals surface area contributed by atoms with Gasteiger partial charge in [0.15, 0.2) is 11.5 Å². The minimum absolute atomic E-state index is 0.0333. The molecule has 0 radical (unpaired) electrons. The van der Waals surface area contributed by atoms with Gasteiger partial charge in [0.25, 0.3) is 0 Å². The fourth-order valence-electron chi connectivity index (χ4n) is 3.21. The van der Waals surface area contributed by atoms with Crippen LogP contribution < -0.4 is 9.47 Å². The molecule has 0 aromatic heterocycles. The predicted molar refractivity (Wildman–Crippen MR) is 88.2 cm³/mol. The predicted octanol–water partition coefficient (Wildman–Crippen LogP) is 3.55. The third kappa shape index (κ3) is 2.74. The van der Waals surface area contributed by atoms with Crippen molar-refractivity contribution in [3.63, 3.8) is 0 Å². The highest BCUT2D eigenvalue weighted by atomic mass is 79.9. The number of hydrogen-bond donors (Lipinski definition) is 0. The van der Waals surface area contributed by atoms with Crippen molar-refractivity contribution in [1.29, 1.82) is 0 Å². The number of nitrogens with zero attached hydrogens (tertiary/aromatic N) is 1. The van der Waals surface area contributed by atoms with E-state index in [-0.39, 0.29) is 12.0 Å². The van der Waals surface area contributed by atoms with Gasteiger partial charge >= 0.3 is 0 Å². The van der Waals surface area contributed by atoms with E-state index in [1.807, 2.05) is 25.2 Å². The van der Waals surface area contributed by atoms with Gasteiger partial charge in [-0.25, -0.2) is 0 Å². The third-order valence-electron chi connectivity index (χ3n) is 4.40. The number of methoxy groups -OCH3 is 1. The van der Waals surface area contributed by atoms with Gasteiger partial charge in [-0.2, -0.15) is 0 Å². The van der Waals surface area contributed by atoms with Crippen molar-refractivity contribution >= 4 is 21.8 Å². The first-order valence-corrected chi connectivity index (χ1v) is 8.37. The molecule has 0 bridgehead atoms. The maximum absolute atomic E-state index is 12.3. The number of ether oxygens (including phenoxy) is 2. The summed E-state index contributed by atoms with van der Waals surface area (Å²) < 4.78 is 12.5. The van der Waals surface area contributed by atoms with Crippen LogP contribution in [0.15, 0.2) is 33.8 Å². The molecule has 1 amide bonds. The number of amides is 1. The Morgan fingerprint density at radius 1 is 1.32 bits per heavy atom. The van der Waals surface area contributed by atoms with Crippen LogP contribution >= 0.6 is 15.9 Å². The van der Waals surface area contributed by atoms with E-state index in [0.29, 0.717) is 5.75 Å². The van der Waals surface area contributed by atoms with E-state index < -0.39 is 0 Å². The molecule has 1 aromatic carbocycles. The van der Waals surface area contributed by atoms with Gasteiger partial charge in [-0.05, 0) is 59.3 Å². The van der Waals surface area contributed by atoms with E-state index in [9.17, 15) is 4.79 Å². The third-order valence-corrected chi connectivity index (χ3v) is 5.03. The van der Waals surface area contributed by atoms with Crippen LogP contribution in [0.1, 0.15) is 25.7 Å². The largest absolute Gasteiger partial charge is 0.493 e. The highest BCUT2D eigenvalue weighted by Gasteiger charge is 2.33. The Labute approximate surface area is 139 Å². The van der Waals surface area contributed by atoms with Crippen molar-refractivity contribution < 1.29 is 14.3 Å². The molecule has 118 valence electrons. The zero-order chi connectivity index (χ0) is 15.7. The average molecular weight is 366 g/mol. The van der Waals surface area contributed by atoms with Gasteiger partial charge in [0.1, 0.15) is 6.10 Å². The quantitative estimate of drug-likeness (QED) is 0.821. The van der Waals surface area contributed by atoms with Crippen molar-refractivity contribution in [1.82, 2.24) is 4.90 Å². The van der Waals surface area contributed by atoms with Crippen LogP contribution in [0, 0.1) is 0 Å². The summed E-state index contributed by atoms with van der Waals surface area (Å²) in [7, 11) is 3.51. The maximum atomic E-state index is 12.3. The Hall–Kier alpha value is -1.49. The van der Waals surface area contributed by atoms with Gasteiger partial charge in [-0.15, -0.1) is 0 Å². The lowest BCUT2D eigenvalue weighted by molar-refractivity contribution is -0.127. The van der Waals surface area contributed by atoms with E-state index >= 15 is 0 Å². The van der Waals surface area contributed by atoms with E-state index in [1.54, 1.807) is 12.0 Å². The molecular weight excluding hydrogens is 346 g/mol. The molecule has 1 aliphatic heterocycles. The molecule has 0 spiro atoms. The van der Waals surface area contributed by atoms with E-state index in [0.717, 1.165) is 48.0 Å². The monoisotopic (exact) mass is 365 g/mol. The second-order valence-corrected chi connectivity index (χ2v) is 6.60. The molecule has 1 heterocycles. The minimum Gasteiger partial charge on any atom is -0.493 e. The van der Waals surface area contributed by atoms with Crippen LogP contribution in [0.2, 0.25) is 0 Å². The second kappa shape index (κ2) is 6.32. The van der Waals surface area contributed by atoms with Gasteiger partial charge in [0, 0.05) is 19.2 Å². The molecule has 0 fully saturated rings. The summed E-state index contributed by atoms with van der Waals surface area (Å²) >= 11 is 3.53. The lowest BCUT2D eigenvalue weighted by Gasteiger charge is -2.35. The molecule has 1 aliphatic carbocycles. The Morgan fingerprint density at radius 2 is 2.14 bits per heavy atom. The smallest absolute Gasteiger partial charge is 0.249 e. The number of likely N-dealkylation sites (N-methyl/N-ethyl adjacent to an activating group) is 1. The van der Waals surface area contributed by atoms with Crippen LogP contribution in [0.4, 0.5) is 0 Å².